The van der Waals surface area contributed by atoms with Crippen molar-refractivity contribution in [3.63, 3.8) is 0 Å². The minimum Gasteiger partial charge on any atom is -0.328 e. The molecule has 6 nitrogen and oxygen atoms in total. The maximum absolute atomic E-state index is 13.1. The molecule has 1 unspecified atom stereocenters. The van der Waals surface area contributed by atoms with Gasteiger partial charge in [0.1, 0.15) is 0 Å². The van der Waals surface area contributed by atoms with Crippen molar-refractivity contribution in [1.29, 1.82) is 0 Å². The van der Waals surface area contributed by atoms with E-state index in [2.05, 4.69) is 15.6 Å². The highest BCUT2D eigenvalue weighted by Gasteiger charge is 2.30. The molecule has 1 N–H and O–H groups in total. The fourth-order valence-corrected chi connectivity index (χ4v) is 3.49. The van der Waals surface area contributed by atoms with E-state index in [9.17, 15) is 4.79 Å². The average Bonchev–Trinajstić information content (AvgIpc) is 3.18. The summed E-state index contributed by atoms with van der Waals surface area (Å²) in [5.41, 5.74) is 3.39. The summed E-state index contributed by atoms with van der Waals surface area (Å²) in [4.78, 5) is 15.0. The minimum absolute atomic E-state index is 0.0884. The number of benzene rings is 2. The summed E-state index contributed by atoms with van der Waals surface area (Å²) in [5, 5.41) is 12.2. The second-order valence-electron chi connectivity index (χ2n) is 6.66. The first-order valence-corrected chi connectivity index (χ1v) is 9.26. The van der Waals surface area contributed by atoms with Crippen molar-refractivity contribution in [2.45, 2.75) is 13.0 Å². The molecular formula is C20H20ClN5O. The predicted molar refractivity (Wildman–Crippen MR) is 104 cm³/mol. The molecule has 2 heterocycles. The van der Waals surface area contributed by atoms with Crippen LogP contribution < -0.4 is 5.32 Å². The summed E-state index contributed by atoms with van der Waals surface area (Å²) in [6.45, 7) is 4.06. The molecule has 1 aromatic heterocycles. The lowest BCUT2D eigenvalue weighted by atomic mass is 10.0. The molecule has 1 saturated heterocycles. The van der Waals surface area contributed by atoms with E-state index in [1.165, 1.54) is 5.56 Å². The second-order valence-corrected chi connectivity index (χ2v) is 7.09. The lowest BCUT2D eigenvalue weighted by molar-refractivity contribution is 0.0628. The molecule has 0 aliphatic carbocycles. The highest BCUT2D eigenvalue weighted by atomic mass is 35.5. The van der Waals surface area contributed by atoms with Crippen LogP contribution in [0.15, 0.2) is 54.7 Å². The monoisotopic (exact) mass is 381 g/mol. The molecule has 4 rings (SSSR count). The van der Waals surface area contributed by atoms with E-state index in [4.69, 9.17) is 11.6 Å². The van der Waals surface area contributed by atoms with Crippen LogP contribution in [-0.4, -0.2) is 45.4 Å². The molecule has 1 aliphatic heterocycles. The highest BCUT2D eigenvalue weighted by Crippen LogP contribution is 2.26. The van der Waals surface area contributed by atoms with Crippen molar-refractivity contribution in [3.05, 3.63) is 76.6 Å². The zero-order valence-electron chi connectivity index (χ0n) is 15.0. The molecule has 2 aromatic carbocycles. The summed E-state index contributed by atoms with van der Waals surface area (Å²) in [6, 6.07) is 15.5. The van der Waals surface area contributed by atoms with Crippen molar-refractivity contribution in [2.75, 3.05) is 19.6 Å². The number of aryl methyl sites for hydroxylation is 1. The summed E-state index contributed by atoms with van der Waals surface area (Å²) < 4.78 is 1.63. The third-order valence-corrected chi connectivity index (χ3v) is 4.98. The number of aromatic nitrogens is 3. The van der Waals surface area contributed by atoms with Crippen molar-refractivity contribution in [2.24, 2.45) is 0 Å². The fourth-order valence-electron chi connectivity index (χ4n) is 3.29. The van der Waals surface area contributed by atoms with Crippen LogP contribution in [0, 0.1) is 6.92 Å². The molecule has 1 amide bonds. The van der Waals surface area contributed by atoms with Crippen LogP contribution in [0.5, 0.6) is 0 Å². The first-order valence-electron chi connectivity index (χ1n) is 8.88. The van der Waals surface area contributed by atoms with Gasteiger partial charge in [-0.05, 0) is 36.8 Å². The third-order valence-electron chi connectivity index (χ3n) is 4.75. The molecule has 1 aliphatic rings. The summed E-state index contributed by atoms with van der Waals surface area (Å²) in [5.74, 6) is -0.125. The number of halogens is 1. The summed E-state index contributed by atoms with van der Waals surface area (Å²) in [6.07, 6.45) is 1.68. The number of carbonyl (C=O) groups excluding carboxylic acids is 1. The quantitative estimate of drug-likeness (QED) is 0.757. The van der Waals surface area contributed by atoms with E-state index < -0.39 is 0 Å². The number of amides is 1. The Morgan fingerprint density at radius 3 is 2.81 bits per heavy atom. The van der Waals surface area contributed by atoms with Gasteiger partial charge in [-0.3, -0.25) is 4.79 Å². The van der Waals surface area contributed by atoms with Crippen LogP contribution in [0.3, 0.4) is 0 Å². The Hall–Kier alpha value is -2.70. The van der Waals surface area contributed by atoms with Crippen LogP contribution >= 0.6 is 11.6 Å². The van der Waals surface area contributed by atoms with E-state index in [0.29, 0.717) is 23.8 Å². The number of nitrogens with one attached hydrogen (secondary N) is 1. The Bertz CT molecular complexity index is 953. The van der Waals surface area contributed by atoms with Crippen LogP contribution in [0.2, 0.25) is 5.02 Å². The van der Waals surface area contributed by atoms with Crippen LogP contribution in [0.4, 0.5) is 0 Å². The first-order chi connectivity index (χ1) is 13.1. The smallest absolute Gasteiger partial charge is 0.276 e. The van der Waals surface area contributed by atoms with Gasteiger partial charge in [-0.25, -0.2) is 4.68 Å². The second kappa shape index (κ2) is 7.50. The normalized spacial score (nSPS) is 17.1. The lowest BCUT2D eigenvalue weighted by Gasteiger charge is -2.36. The van der Waals surface area contributed by atoms with E-state index in [-0.39, 0.29) is 11.9 Å². The molecule has 0 saturated carbocycles. The maximum Gasteiger partial charge on any atom is 0.276 e. The van der Waals surface area contributed by atoms with Gasteiger partial charge in [0.25, 0.3) is 5.91 Å². The lowest BCUT2D eigenvalue weighted by Crippen LogP contribution is -2.48. The number of nitrogens with zero attached hydrogens (tertiary/aromatic N) is 4. The Morgan fingerprint density at radius 1 is 1.22 bits per heavy atom. The molecule has 0 spiro atoms. The van der Waals surface area contributed by atoms with Crippen LogP contribution in [0.1, 0.15) is 27.7 Å². The van der Waals surface area contributed by atoms with Gasteiger partial charge in [0.05, 0.1) is 17.9 Å². The van der Waals surface area contributed by atoms with Gasteiger partial charge in [-0.2, -0.15) is 0 Å². The van der Waals surface area contributed by atoms with E-state index >= 15 is 0 Å². The van der Waals surface area contributed by atoms with Gasteiger partial charge in [-0.1, -0.05) is 46.6 Å². The molecule has 1 atom stereocenters. The number of rotatable bonds is 3. The molecule has 27 heavy (non-hydrogen) atoms. The van der Waals surface area contributed by atoms with E-state index in [1.54, 1.807) is 10.9 Å². The van der Waals surface area contributed by atoms with Gasteiger partial charge < -0.3 is 10.2 Å². The Morgan fingerprint density at radius 2 is 2.04 bits per heavy atom. The first kappa shape index (κ1) is 17.7. The summed E-state index contributed by atoms with van der Waals surface area (Å²) in [7, 11) is 0. The Balaban J connectivity index is 1.60. The standard InChI is InChI=1S/C20H20ClN5O/c1-14-5-7-17(8-6-14)26-13-18(23-24-26)20(27)25-10-9-22-12-19(25)15-3-2-4-16(21)11-15/h2-8,11,13,19,22H,9-10,12H2,1H3. The number of hydrogen-bond donors (Lipinski definition) is 1. The van der Waals surface area contributed by atoms with Gasteiger partial charge >= 0.3 is 0 Å². The minimum atomic E-state index is -0.125. The Labute approximate surface area is 162 Å². The van der Waals surface area contributed by atoms with Crippen molar-refractivity contribution in [3.8, 4) is 5.69 Å². The number of hydrogen-bond acceptors (Lipinski definition) is 4. The molecule has 3 aromatic rings. The SMILES string of the molecule is Cc1ccc(-n2cc(C(=O)N3CCNCC3c3cccc(Cl)c3)nn2)cc1. The predicted octanol–water partition coefficient (Wildman–Crippen LogP) is 3.02. The van der Waals surface area contributed by atoms with Crippen LogP contribution in [0.25, 0.3) is 5.69 Å². The molecule has 138 valence electrons. The van der Waals surface area contributed by atoms with Gasteiger partial charge in [0, 0.05) is 24.7 Å². The van der Waals surface area contributed by atoms with E-state index in [1.807, 2.05) is 60.4 Å². The van der Waals surface area contributed by atoms with Gasteiger partial charge in [-0.15, -0.1) is 5.10 Å². The van der Waals surface area contributed by atoms with Crippen molar-refractivity contribution >= 4 is 17.5 Å². The fraction of sp³-hybridized carbons (Fsp3) is 0.250. The Kier molecular flexibility index (Phi) is 4.92. The van der Waals surface area contributed by atoms with Gasteiger partial charge in [0.2, 0.25) is 0 Å². The molecule has 0 radical (unpaired) electrons. The van der Waals surface area contributed by atoms with Crippen molar-refractivity contribution in [1.82, 2.24) is 25.2 Å². The molecule has 7 heteroatoms. The zero-order valence-corrected chi connectivity index (χ0v) is 15.7. The highest BCUT2D eigenvalue weighted by molar-refractivity contribution is 6.30. The largest absolute Gasteiger partial charge is 0.328 e. The zero-order chi connectivity index (χ0) is 18.8. The summed E-state index contributed by atoms with van der Waals surface area (Å²) >= 11 is 6.14. The maximum atomic E-state index is 13.1. The topological polar surface area (TPSA) is 63.1 Å². The van der Waals surface area contributed by atoms with E-state index in [0.717, 1.165) is 17.8 Å². The van der Waals surface area contributed by atoms with Gasteiger partial charge in [0.15, 0.2) is 5.69 Å². The number of piperazine rings is 1. The van der Waals surface area contributed by atoms with Crippen molar-refractivity contribution < 1.29 is 4.79 Å². The number of carbonyl (C=O) groups is 1. The van der Waals surface area contributed by atoms with Crippen LogP contribution in [-0.2, 0) is 0 Å². The average molecular weight is 382 g/mol. The molecule has 1 fully saturated rings. The third kappa shape index (κ3) is 3.72. The molecular weight excluding hydrogens is 362 g/mol. The molecule has 0 bridgehead atoms.